The summed E-state index contributed by atoms with van der Waals surface area (Å²) < 4.78 is 158. The number of ketones is 4. The first-order chi connectivity index (χ1) is 54.2. The van der Waals surface area contributed by atoms with Crippen molar-refractivity contribution in [1.29, 1.82) is 0 Å². The molecule has 6 aromatic rings. The number of rotatable bonds is 22. The molecule has 0 saturated carbocycles. The van der Waals surface area contributed by atoms with Crippen molar-refractivity contribution in [1.82, 2.24) is 0 Å². The van der Waals surface area contributed by atoms with Crippen molar-refractivity contribution < 1.29 is 79.9 Å². The molecule has 18 nitrogen and oxygen atoms in total. The largest absolute Gasteiger partial charge is 0.385 e. The van der Waals surface area contributed by atoms with Crippen LogP contribution in [0.5, 0.6) is 0 Å². The molecule has 2 N–H and O–H groups in total. The highest BCUT2D eigenvalue weighted by atomic mass is 32.2. The van der Waals surface area contributed by atoms with Crippen molar-refractivity contribution in [3.63, 3.8) is 0 Å². The Morgan fingerprint density at radius 2 is 0.551 bits per heavy atom. The number of benzene rings is 6. The molecule has 0 spiro atoms. The van der Waals surface area contributed by atoms with Gasteiger partial charge in [-0.1, -0.05) is 199 Å². The Balaban J connectivity index is 0.000000224. The van der Waals surface area contributed by atoms with E-state index >= 15 is 0 Å². The molecule has 0 amide bonds. The maximum atomic E-state index is 14.1. The Morgan fingerprint density at radius 3 is 0.856 bits per heavy atom. The van der Waals surface area contributed by atoms with Crippen LogP contribution in [0, 0.1) is 75.0 Å². The quantitative estimate of drug-likeness (QED) is 0.0596. The molecule has 24 heteroatoms. The average Bonchev–Trinajstić information content (AvgIpc) is 0.753. The number of Topliss-reactive ketones (excluding diaryl/α,β-unsaturated/α-hetero) is 4. The standard InChI is InChI=1S/C30H38O5S2.C29H36O6S2.C18H24O3S.C17H22O4S/c1-20-8-12-25(13-9-20)36(32,33)17-16-22(3)18-27(37(34,35)26-14-10-21(2)11-15-26)28-24(5)29(31)23(4)19-30(28,6)7;1-19-7-11-23(12-8-19)36(32,33)16-15-21(3)17-26(37(34,35)24-13-9-20(2)10-14-24)27-22(4)28(31)25(30)18-29(27,5)6;1-12-6-8-15(9-7-12)22(20,21)11-16-14(3)17(19)13(2)10-18(16,4)5;1-11-5-7-13(8-6-11)22(20,21)10-14-12(2)16(19)15(18)9-17(14,3)4/h8-16,23,27H,17-19H2,1-7H3;7-15,25-26,30H,16-18H2,1-6H3;6-9,13H,10-11H2,1-5H3;5-8,15,18H,9-10H2,1-4H3. The van der Waals surface area contributed by atoms with E-state index in [1.807, 2.05) is 111 Å². The highest BCUT2D eigenvalue weighted by Crippen LogP contribution is 2.49. The molecule has 0 bridgehead atoms. The van der Waals surface area contributed by atoms with Crippen molar-refractivity contribution in [2.24, 2.45) is 33.5 Å². The minimum atomic E-state index is -3.95. The zero-order chi connectivity index (χ0) is 88.9. The van der Waals surface area contributed by atoms with Crippen molar-refractivity contribution in [3.05, 3.63) is 247 Å². The van der Waals surface area contributed by atoms with Gasteiger partial charge in [0.2, 0.25) is 0 Å². The lowest BCUT2D eigenvalue weighted by molar-refractivity contribution is -0.126. The normalized spacial score (nSPS) is 20.6. The molecule has 6 atom stereocenters. The second kappa shape index (κ2) is 37.6. The number of hydrogen-bond acceptors (Lipinski definition) is 18. The summed E-state index contributed by atoms with van der Waals surface area (Å²) in [4.78, 5) is 51.4. The Morgan fingerprint density at radius 1 is 0.331 bits per heavy atom. The van der Waals surface area contributed by atoms with Crippen LogP contribution >= 0.6 is 0 Å². The van der Waals surface area contributed by atoms with Crippen LogP contribution in [0.25, 0.3) is 0 Å². The van der Waals surface area contributed by atoms with Crippen LogP contribution in [0.1, 0.15) is 183 Å². The predicted octanol–water partition coefficient (Wildman–Crippen LogP) is 17.3. The summed E-state index contributed by atoms with van der Waals surface area (Å²) >= 11 is 0. The fraction of sp³-hybridized carbons (Fsp3) is 0.447. The van der Waals surface area contributed by atoms with Gasteiger partial charge in [-0.3, -0.25) is 19.2 Å². The monoisotopic (exact) mass is 1730 g/mol. The number of hydrogen-bond donors (Lipinski definition) is 2. The minimum Gasteiger partial charge on any atom is -0.385 e. The predicted molar refractivity (Wildman–Crippen MR) is 469 cm³/mol. The van der Waals surface area contributed by atoms with Gasteiger partial charge in [-0.2, -0.15) is 0 Å². The number of sulfone groups is 6. The fourth-order valence-corrected chi connectivity index (χ4v) is 26.8. The SMILES string of the molecule is CC(=CCS(=O)(=O)c1ccc(C)cc1)CC(C1=C(C)C(=O)C(C)CC1(C)C)S(=O)(=O)c1ccc(C)cc1.CC(=CCS(=O)(=O)c1ccc(C)cc1)CC(C1=C(C)C(=O)C(O)CC1(C)C)S(=O)(=O)c1ccc(C)cc1.CC1=C(CS(=O)(=O)c2ccc(C)cc2)C(C)(C)CC(C)C1=O.CC1=C(CS(=O)(=O)c2ccc(C)cc2)C(C)(C)CC(O)C1=O. The molecule has 0 aliphatic heterocycles. The number of carbonyl (C=O) groups excluding carboxylic acids is 4. The lowest BCUT2D eigenvalue weighted by Crippen LogP contribution is -2.42. The van der Waals surface area contributed by atoms with Crippen molar-refractivity contribution in [3.8, 4) is 0 Å². The Kier molecular flexibility index (Phi) is 31.0. The summed E-state index contributed by atoms with van der Waals surface area (Å²) in [6, 6.07) is 40.2. The first kappa shape index (κ1) is 97.2. The number of aliphatic hydroxyl groups is 2. The van der Waals surface area contributed by atoms with E-state index in [9.17, 15) is 79.9 Å². The minimum absolute atomic E-state index is 0.0259. The summed E-state index contributed by atoms with van der Waals surface area (Å²) in [6.07, 6.45) is 2.68. The molecule has 118 heavy (non-hydrogen) atoms. The molecular formula is C94H120O18S6. The van der Waals surface area contributed by atoms with Gasteiger partial charge in [0.05, 0.1) is 62.9 Å². The Labute approximate surface area is 703 Å². The molecule has 6 unspecified atom stereocenters. The number of aliphatic hydroxyl groups excluding tert-OH is 2. The van der Waals surface area contributed by atoms with Gasteiger partial charge < -0.3 is 10.2 Å². The number of allylic oxidation sites excluding steroid dienone is 4. The van der Waals surface area contributed by atoms with Gasteiger partial charge in [0.25, 0.3) is 0 Å². The summed E-state index contributed by atoms with van der Waals surface area (Å²) in [7, 11) is -21.9. The molecular weight excluding hydrogens is 1610 g/mol. The molecule has 0 heterocycles. The third kappa shape index (κ3) is 23.4. The molecule has 10 rings (SSSR count). The molecule has 4 aliphatic rings. The van der Waals surface area contributed by atoms with Crippen molar-refractivity contribution in [2.75, 3.05) is 23.0 Å². The van der Waals surface area contributed by atoms with E-state index in [0.29, 0.717) is 62.3 Å². The van der Waals surface area contributed by atoms with Crippen molar-refractivity contribution in [2.45, 2.75) is 243 Å². The third-order valence-corrected chi connectivity index (χ3v) is 34.1. The number of carbonyl (C=O) groups is 4. The van der Waals surface area contributed by atoms with Crippen LogP contribution in [0.3, 0.4) is 0 Å². The molecule has 0 saturated heterocycles. The van der Waals surface area contributed by atoms with Gasteiger partial charge in [0.15, 0.2) is 82.2 Å². The maximum Gasteiger partial charge on any atom is 0.187 e. The van der Waals surface area contributed by atoms with Gasteiger partial charge in [0.1, 0.15) is 12.2 Å². The Bertz CT molecular complexity index is 5360. The van der Waals surface area contributed by atoms with Gasteiger partial charge >= 0.3 is 0 Å². The smallest absolute Gasteiger partial charge is 0.187 e. The highest BCUT2D eigenvalue weighted by Gasteiger charge is 2.48. The maximum absolute atomic E-state index is 14.1. The first-order valence-corrected chi connectivity index (χ1v) is 49.4. The van der Waals surface area contributed by atoms with E-state index in [4.69, 9.17) is 0 Å². The third-order valence-electron chi connectivity index (χ3n) is 23.4. The van der Waals surface area contributed by atoms with Crippen LogP contribution in [-0.2, 0) is 78.2 Å². The first-order valence-electron chi connectivity index (χ1n) is 39.7. The summed E-state index contributed by atoms with van der Waals surface area (Å²) in [5.41, 5.74) is 9.21. The Hall–Kier alpha value is -7.94. The summed E-state index contributed by atoms with van der Waals surface area (Å²) in [5.74, 6) is -1.76. The van der Waals surface area contributed by atoms with Crippen LogP contribution < -0.4 is 0 Å². The summed E-state index contributed by atoms with van der Waals surface area (Å²) in [6.45, 7) is 40.7. The summed E-state index contributed by atoms with van der Waals surface area (Å²) in [5, 5.41) is 18.1. The molecule has 0 fully saturated rings. The van der Waals surface area contributed by atoms with Crippen LogP contribution in [-0.4, -0.2) is 130 Å². The van der Waals surface area contributed by atoms with E-state index in [-0.39, 0.29) is 113 Å². The van der Waals surface area contributed by atoms with Crippen LogP contribution in [0.15, 0.2) is 243 Å². The molecule has 6 aromatic carbocycles. The van der Waals surface area contributed by atoms with Crippen LogP contribution in [0.4, 0.5) is 0 Å². The lowest BCUT2D eigenvalue weighted by atomic mass is 9.67. The molecule has 0 aromatic heterocycles. The van der Waals surface area contributed by atoms with E-state index in [1.54, 1.807) is 199 Å². The fourth-order valence-electron chi connectivity index (χ4n) is 16.6. The van der Waals surface area contributed by atoms with E-state index < -0.39 is 104 Å². The van der Waals surface area contributed by atoms with Crippen molar-refractivity contribution >= 4 is 82.2 Å². The zero-order valence-electron chi connectivity index (χ0n) is 72.4. The van der Waals surface area contributed by atoms with E-state index in [1.165, 1.54) is 0 Å². The second-order valence-electron chi connectivity index (χ2n) is 35.5. The average molecular weight is 1730 g/mol. The number of aryl methyl sites for hydroxylation is 6. The molecule has 640 valence electrons. The zero-order valence-corrected chi connectivity index (χ0v) is 77.3. The van der Waals surface area contributed by atoms with Gasteiger partial charge in [-0.15, -0.1) is 0 Å². The van der Waals surface area contributed by atoms with Crippen LogP contribution in [0.2, 0.25) is 0 Å². The molecule has 4 aliphatic carbocycles. The second-order valence-corrected chi connectivity index (χ2v) is 47.8. The lowest BCUT2D eigenvalue weighted by Gasteiger charge is -2.40. The highest BCUT2D eigenvalue weighted by molar-refractivity contribution is 7.93. The van der Waals surface area contributed by atoms with Gasteiger partial charge in [-0.05, 0) is 261 Å². The van der Waals surface area contributed by atoms with E-state index in [0.717, 1.165) is 39.0 Å². The molecule has 0 radical (unpaired) electrons. The topological polar surface area (TPSA) is 314 Å². The van der Waals surface area contributed by atoms with E-state index in [2.05, 4.69) is 0 Å². The van der Waals surface area contributed by atoms with Gasteiger partial charge in [-0.25, -0.2) is 50.5 Å². The van der Waals surface area contributed by atoms with Gasteiger partial charge in [0, 0.05) is 11.8 Å².